The number of aryl methyl sites for hydroxylation is 1. The van der Waals surface area contributed by atoms with Crippen molar-refractivity contribution in [2.45, 2.75) is 45.2 Å². The minimum absolute atomic E-state index is 0.458. The van der Waals surface area contributed by atoms with E-state index in [0.717, 1.165) is 0 Å². The molecule has 1 fully saturated rings. The van der Waals surface area contributed by atoms with Gasteiger partial charge in [0.1, 0.15) is 0 Å². The van der Waals surface area contributed by atoms with Crippen LogP contribution in [0.15, 0.2) is 24.3 Å². The Morgan fingerprint density at radius 2 is 2.00 bits per heavy atom. The van der Waals surface area contributed by atoms with E-state index in [4.69, 9.17) is 0 Å². The zero-order valence-corrected chi connectivity index (χ0v) is 11.9. The molecule has 0 aromatic heterocycles. The number of nitrogens with zero attached hydrogens (tertiary/aromatic N) is 1. The summed E-state index contributed by atoms with van der Waals surface area (Å²) in [7, 11) is 2.23. The van der Waals surface area contributed by atoms with Gasteiger partial charge in [-0.2, -0.15) is 0 Å². The Labute approximate surface area is 111 Å². The largest absolute Gasteiger partial charge is 0.307 e. The number of rotatable bonds is 3. The van der Waals surface area contributed by atoms with Gasteiger partial charge in [0.05, 0.1) is 0 Å². The highest BCUT2D eigenvalue weighted by molar-refractivity contribution is 5.28. The van der Waals surface area contributed by atoms with Crippen LogP contribution in [0.25, 0.3) is 0 Å². The highest BCUT2D eigenvalue weighted by Gasteiger charge is 2.17. The number of benzene rings is 1. The van der Waals surface area contributed by atoms with Crippen molar-refractivity contribution in [3.05, 3.63) is 35.4 Å². The Bertz CT molecular complexity index is 375. The van der Waals surface area contributed by atoms with Gasteiger partial charge in [-0.3, -0.25) is 0 Å². The van der Waals surface area contributed by atoms with Crippen LogP contribution in [0.2, 0.25) is 0 Å². The summed E-state index contributed by atoms with van der Waals surface area (Å²) in [6, 6.07) is 9.83. The van der Waals surface area contributed by atoms with Crippen LogP contribution < -0.4 is 5.32 Å². The minimum atomic E-state index is 0.458. The summed E-state index contributed by atoms with van der Waals surface area (Å²) < 4.78 is 0. The van der Waals surface area contributed by atoms with Gasteiger partial charge in [0.25, 0.3) is 0 Å². The maximum atomic E-state index is 3.81. The average Bonchev–Trinajstić information content (AvgIpc) is 2.55. The second-order valence-electron chi connectivity index (χ2n) is 5.68. The first-order valence-electron chi connectivity index (χ1n) is 7.17. The highest BCUT2D eigenvalue weighted by Crippen LogP contribution is 2.19. The second-order valence-corrected chi connectivity index (χ2v) is 5.68. The van der Waals surface area contributed by atoms with E-state index in [-0.39, 0.29) is 0 Å². The molecule has 0 aliphatic carbocycles. The molecule has 0 spiro atoms. The summed E-state index contributed by atoms with van der Waals surface area (Å²) in [5, 5.41) is 3.81. The summed E-state index contributed by atoms with van der Waals surface area (Å²) in [6.45, 7) is 6.96. The molecular formula is C16H26N2. The van der Waals surface area contributed by atoms with Crippen molar-refractivity contribution in [2.24, 2.45) is 0 Å². The first-order valence-corrected chi connectivity index (χ1v) is 7.17. The van der Waals surface area contributed by atoms with E-state index in [9.17, 15) is 0 Å². The molecule has 18 heavy (non-hydrogen) atoms. The fourth-order valence-electron chi connectivity index (χ4n) is 2.92. The lowest BCUT2D eigenvalue weighted by molar-refractivity contribution is 0.340. The number of nitrogens with one attached hydrogen (secondary N) is 1. The Kier molecular flexibility index (Phi) is 4.79. The first-order chi connectivity index (χ1) is 8.66. The number of hydrogen-bond acceptors (Lipinski definition) is 2. The first kappa shape index (κ1) is 13.6. The maximum absolute atomic E-state index is 3.81. The Morgan fingerprint density at radius 1 is 1.22 bits per heavy atom. The zero-order valence-electron chi connectivity index (χ0n) is 11.9. The molecule has 1 aliphatic rings. The van der Waals surface area contributed by atoms with Crippen LogP contribution >= 0.6 is 0 Å². The lowest BCUT2D eigenvalue weighted by Crippen LogP contribution is -2.32. The Hall–Kier alpha value is -0.860. The number of hydrogen-bond donors (Lipinski definition) is 1. The van der Waals surface area contributed by atoms with Crippen molar-refractivity contribution in [3.8, 4) is 0 Å². The molecule has 1 unspecified atom stereocenters. The summed E-state index contributed by atoms with van der Waals surface area (Å²) in [4.78, 5) is 2.44. The van der Waals surface area contributed by atoms with Gasteiger partial charge < -0.3 is 10.2 Å². The molecule has 1 N–H and O–H groups in total. The monoisotopic (exact) mass is 246 g/mol. The molecule has 1 aromatic rings. The van der Waals surface area contributed by atoms with Gasteiger partial charge >= 0.3 is 0 Å². The van der Waals surface area contributed by atoms with Crippen molar-refractivity contribution in [2.75, 3.05) is 20.1 Å². The van der Waals surface area contributed by atoms with Crippen LogP contribution in [0.3, 0.4) is 0 Å². The molecule has 0 saturated carbocycles. The van der Waals surface area contributed by atoms with E-state index < -0.39 is 0 Å². The average molecular weight is 246 g/mol. The third-order valence-corrected chi connectivity index (χ3v) is 4.09. The van der Waals surface area contributed by atoms with E-state index in [1.165, 1.54) is 43.5 Å². The zero-order chi connectivity index (χ0) is 13.0. The van der Waals surface area contributed by atoms with Gasteiger partial charge in [-0.05, 0) is 64.4 Å². The van der Waals surface area contributed by atoms with Gasteiger partial charge in [0, 0.05) is 12.1 Å². The molecular weight excluding hydrogens is 220 g/mol. The molecule has 100 valence electrons. The predicted molar refractivity (Wildman–Crippen MR) is 77.9 cm³/mol. The van der Waals surface area contributed by atoms with Crippen LogP contribution in [-0.2, 0) is 0 Å². The third kappa shape index (κ3) is 3.56. The molecule has 2 atom stereocenters. The quantitative estimate of drug-likeness (QED) is 0.881. The molecule has 1 saturated heterocycles. The maximum Gasteiger partial charge on any atom is 0.0296 e. The van der Waals surface area contributed by atoms with Gasteiger partial charge in [0.2, 0.25) is 0 Å². The summed E-state index contributed by atoms with van der Waals surface area (Å²) in [5.41, 5.74) is 2.83. The van der Waals surface area contributed by atoms with Crippen molar-refractivity contribution in [3.63, 3.8) is 0 Å². The minimum Gasteiger partial charge on any atom is -0.307 e. The SMILES string of the molecule is Cc1ccccc1[C@H](C)NC1CCCN(C)CC1. The molecule has 0 radical (unpaired) electrons. The fraction of sp³-hybridized carbons (Fsp3) is 0.625. The standard InChI is InChI=1S/C16H26N2/c1-13-7-4-5-9-16(13)14(2)17-15-8-6-11-18(3)12-10-15/h4-5,7,9,14-15,17H,6,8,10-12H2,1-3H3/t14-,15?/m0/s1. The highest BCUT2D eigenvalue weighted by atomic mass is 15.1. The molecule has 0 bridgehead atoms. The van der Waals surface area contributed by atoms with Crippen LogP contribution in [0.4, 0.5) is 0 Å². The third-order valence-electron chi connectivity index (χ3n) is 4.09. The fourth-order valence-corrected chi connectivity index (χ4v) is 2.92. The van der Waals surface area contributed by atoms with Crippen molar-refractivity contribution < 1.29 is 0 Å². The number of likely N-dealkylation sites (tertiary alicyclic amines) is 1. The lowest BCUT2D eigenvalue weighted by Gasteiger charge is -2.23. The summed E-state index contributed by atoms with van der Waals surface area (Å²) in [6.07, 6.45) is 3.89. The Morgan fingerprint density at radius 3 is 2.78 bits per heavy atom. The van der Waals surface area contributed by atoms with Crippen molar-refractivity contribution in [1.29, 1.82) is 0 Å². The predicted octanol–water partition coefficient (Wildman–Crippen LogP) is 3.13. The van der Waals surface area contributed by atoms with E-state index in [0.29, 0.717) is 12.1 Å². The summed E-state index contributed by atoms with van der Waals surface area (Å²) >= 11 is 0. The van der Waals surface area contributed by atoms with E-state index in [1.807, 2.05) is 0 Å². The van der Waals surface area contributed by atoms with Crippen LogP contribution in [0.1, 0.15) is 43.4 Å². The smallest absolute Gasteiger partial charge is 0.0296 e. The summed E-state index contributed by atoms with van der Waals surface area (Å²) in [5.74, 6) is 0. The second kappa shape index (κ2) is 6.35. The van der Waals surface area contributed by atoms with Crippen molar-refractivity contribution in [1.82, 2.24) is 10.2 Å². The van der Waals surface area contributed by atoms with Gasteiger partial charge in [0.15, 0.2) is 0 Å². The van der Waals surface area contributed by atoms with Crippen molar-refractivity contribution >= 4 is 0 Å². The molecule has 1 heterocycles. The molecule has 1 aromatic carbocycles. The van der Waals surface area contributed by atoms with E-state index in [2.05, 4.69) is 55.4 Å². The van der Waals surface area contributed by atoms with Gasteiger partial charge in [-0.1, -0.05) is 24.3 Å². The van der Waals surface area contributed by atoms with Crippen LogP contribution in [-0.4, -0.2) is 31.1 Å². The van der Waals surface area contributed by atoms with Crippen LogP contribution in [0, 0.1) is 6.92 Å². The molecule has 2 heteroatoms. The topological polar surface area (TPSA) is 15.3 Å². The molecule has 0 amide bonds. The van der Waals surface area contributed by atoms with Crippen LogP contribution in [0.5, 0.6) is 0 Å². The van der Waals surface area contributed by atoms with Gasteiger partial charge in [-0.25, -0.2) is 0 Å². The normalized spacial score (nSPS) is 23.6. The van der Waals surface area contributed by atoms with E-state index in [1.54, 1.807) is 0 Å². The molecule has 2 nitrogen and oxygen atoms in total. The van der Waals surface area contributed by atoms with Gasteiger partial charge in [-0.15, -0.1) is 0 Å². The Balaban J connectivity index is 1.94. The molecule has 2 rings (SSSR count). The lowest BCUT2D eigenvalue weighted by atomic mass is 10.0. The molecule has 1 aliphatic heterocycles. The van der Waals surface area contributed by atoms with E-state index >= 15 is 0 Å².